The van der Waals surface area contributed by atoms with Crippen LogP contribution in [0, 0.1) is 6.92 Å². The van der Waals surface area contributed by atoms with Crippen LogP contribution in [0.3, 0.4) is 0 Å². The van der Waals surface area contributed by atoms with E-state index in [0.29, 0.717) is 33.4 Å². The smallest absolute Gasteiger partial charge is 0.319 e. The Labute approximate surface area is 244 Å². The summed E-state index contributed by atoms with van der Waals surface area (Å²) in [4.78, 5) is 33.1. The molecule has 0 unspecified atom stereocenters. The molecule has 0 radical (unpaired) electrons. The van der Waals surface area contributed by atoms with Gasteiger partial charge in [-0.05, 0) is 65.3 Å². The van der Waals surface area contributed by atoms with Crippen LogP contribution < -0.4 is 25.2 Å². The number of pyridine rings is 1. The summed E-state index contributed by atoms with van der Waals surface area (Å²) < 4.78 is 8.76. The van der Waals surface area contributed by atoms with Crippen molar-refractivity contribution in [3.05, 3.63) is 80.6 Å². The first kappa shape index (κ1) is 28.5. The van der Waals surface area contributed by atoms with Crippen molar-refractivity contribution in [3.8, 4) is 5.75 Å². The number of aromatic nitrogens is 2. The highest BCUT2D eigenvalue weighted by Crippen LogP contribution is 2.35. The van der Waals surface area contributed by atoms with Gasteiger partial charge in [0.2, 0.25) is 5.91 Å². The van der Waals surface area contributed by atoms with Crippen molar-refractivity contribution in [1.29, 1.82) is 0 Å². The molecule has 4 rings (SSSR count). The predicted molar refractivity (Wildman–Crippen MR) is 160 cm³/mol. The number of imidazole rings is 1. The zero-order chi connectivity index (χ0) is 28.3. The molecule has 204 valence electrons. The molecule has 4 aromatic rings. The number of urea groups is 1. The maximum atomic E-state index is 12.9. The van der Waals surface area contributed by atoms with Crippen molar-refractivity contribution in [1.82, 2.24) is 14.7 Å². The summed E-state index contributed by atoms with van der Waals surface area (Å²) >= 11 is 16.7. The lowest BCUT2D eigenvalue weighted by atomic mass is 10.2. The number of likely N-dealkylation sites (N-methyl/N-ethyl adjacent to an activating group) is 1. The lowest BCUT2D eigenvalue weighted by Gasteiger charge is -2.21. The molecule has 0 aliphatic carbocycles. The molecule has 0 spiro atoms. The summed E-state index contributed by atoms with van der Waals surface area (Å²) in [6, 6.07) is 13.8. The van der Waals surface area contributed by atoms with E-state index in [1.54, 1.807) is 25.2 Å². The van der Waals surface area contributed by atoms with Gasteiger partial charge >= 0.3 is 6.03 Å². The standard InChI is InChI=1S/C27H27BrCl2N6O3/c1-16-25(28)36-12-6-9-22(26(36)32-16)39-15-19-20(29)10-11-21(24(19)30)35(4)23(37)14-31-27(38)33-17-7-5-8-18(13-17)34(2)3/h5-13H,14-15H2,1-4H3,(H2,31,33,38). The largest absolute Gasteiger partial charge is 0.485 e. The van der Waals surface area contributed by atoms with E-state index in [9.17, 15) is 9.59 Å². The molecule has 0 aliphatic heterocycles. The topological polar surface area (TPSA) is 91.2 Å². The Balaban J connectivity index is 1.42. The van der Waals surface area contributed by atoms with E-state index in [4.69, 9.17) is 27.9 Å². The van der Waals surface area contributed by atoms with Crippen molar-refractivity contribution in [3.63, 3.8) is 0 Å². The minimum Gasteiger partial charge on any atom is -0.485 e. The Morgan fingerprint density at radius 3 is 2.62 bits per heavy atom. The highest BCUT2D eigenvalue weighted by molar-refractivity contribution is 9.10. The van der Waals surface area contributed by atoms with E-state index in [1.165, 1.54) is 4.90 Å². The fourth-order valence-corrected chi connectivity index (χ4v) is 4.79. The second-order valence-corrected chi connectivity index (χ2v) is 10.4. The number of ether oxygens (including phenoxy) is 1. The molecule has 0 saturated carbocycles. The second kappa shape index (κ2) is 12.1. The zero-order valence-corrected chi connectivity index (χ0v) is 24.9. The van der Waals surface area contributed by atoms with Crippen LogP contribution in [0.25, 0.3) is 5.65 Å². The fraction of sp³-hybridized carbons (Fsp3) is 0.222. The fourth-order valence-electron chi connectivity index (χ4n) is 3.81. The molecule has 0 bridgehead atoms. The average Bonchev–Trinajstić information content (AvgIpc) is 3.20. The third kappa shape index (κ3) is 6.41. The molecule has 0 aliphatic rings. The predicted octanol–water partition coefficient (Wildman–Crippen LogP) is 6.14. The quantitative estimate of drug-likeness (QED) is 0.243. The zero-order valence-electron chi connectivity index (χ0n) is 21.8. The molecule has 0 fully saturated rings. The number of nitrogens with one attached hydrogen (secondary N) is 2. The van der Waals surface area contributed by atoms with Gasteiger partial charge in [-0.25, -0.2) is 9.78 Å². The normalized spacial score (nSPS) is 10.8. The lowest BCUT2D eigenvalue weighted by Crippen LogP contribution is -2.40. The molecule has 9 nitrogen and oxygen atoms in total. The number of anilines is 3. The van der Waals surface area contributed by atoms with E-state index < -0.39 is 6.03 Å². The minimum absolute atomic E-state index is 0.0589. The number of carbonyl (C=O) groups excluding carboxylic acids is 2. The van der Waals surface area contributed by atoms with E-state index in [0.717, 1.165) is 16.0 Å². The maximum Gasteiger partial charge on any atom is 0.319 e. The first-order valence-electron chi connectivity index (χ1n) is 11.9. The highest BCUT2D eigenvalue weighted by Gasteiger charge is 2.20. The Morgan fingerprint density at radius 2 is 1.87 bits per heavy atom. The number of nitrogens with zero attached hydrogens (tertiary/aromatic N) is 4. The molecular formula is C27H27BrCl2N6O3. The van der Waals surface area contributed by atoms with Crippen molar-refractivity contribution in [2.45, 2.75) is 13.5 Å². The van der Waals surface area contributed by atoms with Crippen molar-refractivity contribution in [2.24, 2.45) is 0 Å². The monoisotopic (exact) mass is 632 g/mol. The number of benzene rings is 2. The number of rotatable bonds is 8. The first-order chi connectivity index (χ1) is 18.6. The van der Waals surface area contributed by atoms with Gasteiger partial charge in [0.1, 0.15) is 11.2 Å². The molecule has 12 heteroatoms. The van der Waals surface area contributed by atoms with Crippen LogP contribution in [-0.2, 0) is 11.4 Å². The van der Waals surface area contributed by atoms with Crippen LogP contribution in [0.4, 0.5) is 21.9 Å². The second-order valence-electron chi connectivity index (χ2n) is 8.91. The van der Waals surface area contributed by atoms with Gasteiger partial charge in [-0.1, -0.05) is 29.3 Å². The van der Waals surface area contributed by atoms with Crippen LogP contribution in [0.1, 0.15) is 11.3 Å². The number of carbonyl (C=O) groups is 2. The third-order valence-corrected chi connectivity index (χ3v) is 7.74. The van der Waals surface area contributed by atoms with E-state index >= 15 is 0 Å². The van der Waals surface area contributed by atoms with E-state index in [2.05, 4.69) is 31.5 Å². The average molecular weight is 634 g/mol. The summed E-state index contributed by atoms with van der Waals surface area (Å²) in [6.07, 6.45) is 1.88. The Bertz CT molecular complexity index is 1540. The van der Waals surface area contributed by atoms with Crippen molar-refractivity contribution in [2.75, 3.05) is 42.8 Å². The summed E-state index contributed by atoms with van der Waals surface area (Å²) in [5.41, 5.74) is 3.97. The van der Waals surface area contributed by atoms with E-state index in [-0.39, 0.29) is 24.1 Å². The van der Waals surface area contributed by atoms with Gasteiger partial charge in [-0.3, -0.25) is 9.20 Å². The molecule has 0 saturated heterocycles. The SMILES string of the molecule is Cc1nc2c(OCc3c(Cl)ccc(N(C)C(=O)CNC(=O)Nc4cccc(N(C)C)c4)c3Cl)cccn2c1Br. The number of fused-ring (bicyclic) bond motifs is 1. The Kier molecular flexibility index (Phi) is 8.89. The van der Waals surface area contributed by atoms with Gasteiger partial charge in [0.05, 0.1) is 22.9 Å². The van der Waals surface area contributed by atoms with Gasteiger partial charge in [-0.15, -0.1) is 0 Å². The molecule has 2 aromatic carbocycles. The molecule has 39 heavy (non-hydrogen) atoms. The van der Waals surface area contributed by atoms with Crippen LogP contribution in [0.15, 0.2) is 59.3 Å². The highest BCUT2D eigenvalue weighted by atomic mass is 79.9. The van der Waals surface area contributed by atoms with Crippen molar-refractivity contribution < 1.29 is 14.3 Å². The molecule has 3 amide bonds. The van der Waals surface area contributed by atoms with Crippen LogP contribution in [0.5, 0.6) is 5.75 Å². The molecular weight excluding hydrogens is 607 g/mol. The summed E-state index contributed by atoms with van der Waals surface area (Å²) in [5, 5.41) is 5.99. The Hall–Kier alpha value is -3.47. The maximum absolute atomic E-state index is 12.9. The number of halogens is 3. The summed E-state index contributed by atoms with van der Waals surface area (Å²) in [6.45, 7) is 1.71. The number of aryl methyl sites for hydroxylation is 1. The van der Waals surface area contributed by atoms with Gasteiger partial charge in [0.15, 0.2) is 11.4 Å². The van der Waals surface area contributed by atoms with Gasteiger partial charge < -0.3 is 25.2 Å². The summed E-state index contributed by atoms with van der Waals surface area (Å²) in [7, 11) is 5.40. The summed E-state index contributed by atoms with van der Waals surface area (Å²) in [5.74, 6) is 0.186. The molecule has 0 atom stereocenters. The van der Waals surface area contributed by atoms with Crippen LogP contribution in [-0.4, -0.2) is 49.0 Å². The number of hydrogen-bond acceptors (Lipinski definition) is 5. The van der Waals surface area contributed by atoms with Gasteiger partial charge in [-0.2, -0.15) is 0 Å². The molecule has 2 N–H and O–H groups in total. The molecule has 2 heterocycles. The van der Waals surface area contributed by atoms with Crippen LogP contribution in [0.2, 0.25) is 10.0 Å². The number of amides is 3. The first-order valence-corrected chi connectivity index (χ1v) is 13.4. The van der Waals surface area contributed by atoms with Crippen LogP contribution >= 0.6 is 39.1 Å². The van der Waals surface area contributed by atoms with Gasteiger partial charge in [0, 0.05) is 49.3 Å². The Morgan fingerprint density at radius 1 is 1.10 bits per heavy atom. The molecule has 2 aromatic heterocycles. The van der Waals surface area contributed by atoms with E-state index in [1.807, 2.05) is 66.8 Å². The third-order valence-electron chi connectivity index (χ3n) is 6.01. The van der Waals surface area contributed by atoms with Crippen molar-refractivity contribution >= 4 is 73.8 Å². The number of hydrogen-bond donors (Lipinski definition) is 2. The van der Waals surface area contributed by atoms with Gasteiger partial charge in [0.25, 0.3) is 0 Å². The lowest BCUT2D eigenvalue weighted by molar-refractivity contribution is -0.117. The minimum atomic E-state index is -0.501.